The van der Waals surface area contributed by atoms with Crippen LogP contribution in [0.2, 0.25) is 5.02 Å². The highest BCUT2D eigenvalue weighted by Crippen LogP contribution is 2.68. The van der Waals surface area contributed by atoms with Crippen LogP contribution in [0.25, 0.3) is 27.5 Å². The Morgan fingerprint density at radius 1 is 1.02 bits per heavy atom. The van der Waals surface area contributed by atoms with E-state index in [0.717, 1.165) is 28.5 Å². The molecule has 2 N–H and O–H groups in total. The molecule has 65 heavy (non-hydrogen) atoms. The van der Waals surface area contributed by atoms with Crippen molar-refractivity contribution in [1.29, 1.82) is 0 Å². The van der Waals surface area contributed by atoms with Gasteiger partial charge in [-0.25, -0.2) is 31.0 Å². The maximum atomic E-state index is 15.6. The maximum absolute atomic E-state index is 15.6. The molecule has 1 fully saturated rings. The van der Waals surface area contributed by atoms with Crippen molar-refractivity contribution < 1.29 is 39.6 Å². The molecule has 4 atom stereocenters. The predicted molar refractivity (Wildman–Crippen MR) is 231 cm³/mol. The van der Waals surface area contributed by atoms with E-state index >= 15 is 13.6 Å². The summed E-state index contributed by atoms with van der Waals surface area (Å²) in [6.45, 7) is 1.00. The largest absolute Gasteiger partial charge is 0.368 e. The van der Waals surface area contributed by atoms with Gasteiger partial charge in [-0.3, -0.25) is 28.2 Å². The molecule has 7 aromatic rings. The molecular formula is C44H38ClF6N9O4S. The first-order valence-electron chi connectivity index (χ1n) is 20.2. The third-order valence-electron chi connectivity index (χ3n) is 12.1. The zero-order valence-electron chi connectivity index (χ0n) is 34.8. The minimum Gasteiger partial charge on any atom is -0.368 e. The van der Waals surface area contributed by atoms with Gasteiger partial charge in [-0.2, -0.15) is 19.0 Å². The van der Waals surface area contributed by atoms with Crippen molar-refractivity contribution in [3.63, 3.8) is 0 Å². The number of sulfonamides is 1. The predicted octanol–water partition coefficient (Wildman–Crippen LogP) is 8.22. The van der Waals surface area contributed by atoms with Gasteiger partial charge < -0.3 is 10.2 Å². The molecule has 0 aliphatic heterocycles. The molecule has 2 aliphatic carbocycles. The minimum absolute atomic E-state index is 0.00183. The van der Waals surface area contributed by atoms with E-state index in [-0.39, 0.29) is 67.7 Å². The van der Waals surface area contributed by atoms with Crippen molar-refractivity contribution in [2.75, 3.05) is 22.9 Å². The number of carbonyl (C=O) groups excluding carboxylic acids is 1. The van der Waals surface area contributed by atoms with Crippen molar-refractivity contribution >= 4 is 60.8 Å². The van der Waals surface area contributed by atoms with Crippen molar-refractivity contribution in [2.45, 2.75) is 56.7 Å². The second kappa shape index (κ2) is 15.9. The summed E-state index contributed by atoms with van der Waals surface area (Å²) in [5.74, 6) is -8.97. The third kappa shape index (κ3) is 7.85. The highest BCUT2D eigenvalue weighted by atomic mass is 35.5. The van der Waals surface area contributed by atoms with Gasteiger partial charge >= 0.3 is 0 Å². The number of nitrogens with zero attached hydrogens (tertiary/aromatic N) is 7. The molecule has 1 saturated carbocycles. The number of nitrogens with one attached hydrogen (secondary N) is 2. The van der Waals surface area contributed by atoms with E-state index in [9.17, 15) is 30.8 Å². The molecule has 0 radical (unpaired) electrons. The van der Waals surface area contributed by atoms with E-state index < -0.39 is 87.7 Å². The summed E-state index contributed by atoms with van der Waals surface area (Å²) in [6.07, 6.45) is -2.75. The Bertz CT molecular complexity index is 3230. The molecule has 0 saturated heterocycles. The molecule has 0 spiro atoms. The number of hydrogen-bond acceptors (Lipinski definition) is 8. The van der Waals surface area contributed by atoms with Crippen LogP contribution in [-0.4, -0.2) is 56.7 Å². The first-order chi connectivity index (χ1) is 30.7. The SMILES string of the molecule is C[C@H](c1ccccc1)N(C)c1ccc2c(=O)n(-c3ccc(Cl)c4c(NS(C)(=O)=O)nn(C)c34)c([C@H](Cc3cc(F)cc(F)c3)NC(=O)Cn3nc(C(F)F)c4c3C(F)(F)[C@@H]3C[C@H]43)nc2c1. The smallest absolute Gasteiger partial charge is 0.293 e. The lowest BCUT2D eigenvalue weighted by Gasteiger charge is -2.28. The third-order valence-corrected chi connectivity index (χ3v) is 12.9. The Labute approximate surface area is 371 Å². The molecule has 13 nitrogen and oxygen atoms in total. The lowest BCUT2D eigenvalue weighted by molar-refractivity contribution is -0.123. The molecule has 4 aromatic carbocycles. The number of carbonyl (C=O) groups is 1. The molecule has 338 valence electrons. The molecule has 1 amide bonds. The summed E-state index contributed by atoms with van der Waals surface area (Å²) in [6, 6.07) is 18.3. The fourth-order valence-corrected chi connectivity index (χ4v) is 9.70. The lowest BCUT2D eigenvalue weighted by atomic mass is 10.0. The minimum atomic E-state index is -3.91. The van der Waals surface area contributed by atoms with Gasteiger partial charge in [-0.05, 0) is 72.9 Å². The lowest BCUT2D eigenvalue weighted by Crippen LogP contribution is -2.38. The standard InChI is InChI=1S/C44H38ClF6N9O4S/c1-21(23-8-6-5-7-9-23)57(2)26-10-11-27-31(18-26)53-42(60(43(27)62)33-13-12-30(45)36-38(33)58(3)55-41(36)56-65(4,63)64)32(16-22-14-24(46)17-25(47)15-22)52-34(61)20-59-39-35(37(54-59)40(48)49)28-19-29(28)44(39,50)51/h5-15,17-18,21,28-29,32,40H,16,19-20H2,1-4H3,(H,52,61)(H,55,56)/t21-,28+,29-,32+/m1/s1. The highest BCUT2D eigenvalue weighted by Gasteiger charge is 2.67. The van der Waals surface area contributed by atoms with E-state index in [1.807, 2.05) is 49.2 Å². The van der Waals surface area contributed by atoms with Gasteiger partial charge in [0.15, 0.2) is 5.82 Å². The van der Waals surface area contributed by atoms with E-state index in [0.29, 0.717) is 16.4 Å². The number of aromatic nitrogens is 6. The second-order valence-electron chi connectivity index (χ2n) is 16.4. The zero-order chi connectivity index (χ0) is 46.4. The van der Waals surface area contributed by atoms with Crippen LogP contribution in [0, 0.1) is 17.6 Å². The molecule has 0 bridgehead atoms. The second-order valence-corrected chi connectivity index (χ2v) is 18.6. The average Bonchev–Trinajstić information content (AvgIpc) is 3.78. The molecule has 21 heteroatoms. The van der Waals surface area contributed by atoms with E-state index in [1.54, 1.807) is 18.2 Å². The molecule has 0 unspecified atom stereocenters. The van der Waals surface area contributed by atoms with Crippen LogP contribution in [0.5, 0.6) is 0 Å². The van der Waals surface area contributed by atoms with Crippen LogP contribution < -0.4 is 20.5 Å². The monoisotopic (exact) mass is 937 g/mol. The fourth-order valence-electron chi connectivity index (χ4n) is 8.97. The average molecular weight is 938 g/mol. The topological polar surface area (TPSA) is 149 Å². The van der Waals surface area contributed by atoms with Crippen molar-refractivity contribution in [3.05, 3.63) is 140 Å². The molecular weight excluding hydrogens is 900 g/mol. The number of alkyl halides is 4. The quantitative estimate of drug-likeness (QED) is 0.110. The van der Waals surface area contributed by atoms with Gasteiger partial charge in [0.2, 0.25) is 15.9 Å². The summed E-state index contributed by atoms with van der Waals surface area (Å²) in [4.78, 5) is 36.3. The number of amides is 1. The number of rotatable bonds is 13. The Balaban J connectivity index is 1.24. The van der Waals surface area contributed by atoms with E-state index in [2.05, 4.69) is 20.2 Å². The number of aryl methyl sites for hydroxylation is 1. The number of benzene rings is 4. The number of anilines is 2. The summed E-state index contributed by atoms with van der Waals surface area (Å²) in [5.41, 5.74) is -0.770. The fraction of sp³-hybridized carbons (Fsp3) is 0.295. The number of halogens is 7. The number of hydrogen-bond donors (Lipinski definition) is 2. The van der Waals surface area contributed by atoms with Crippen molar-refractivity contribution in [3.8, 4) is 5.69 Å². The van der Waals surface area contributed by atoms with E-state index in [4.69, 9.17) is 16.6 Å². The summed E-state index contributed by atoms with van der Waals surface area (Å²) in [7, 11) is -0.602. The van der Waals surface area contributed by atoms with E-state index in [1.165, 1.54) is 23.9 Å². The summed E-state index contributed by atoms with van der Waals surface area (Å²) >= 11 is 6.66. The zero-order valence-corrected chi connectivity index (χ0v) is 36.4. The van der Waals surface area contributed by atoms with Crippen LogP contribution in [0.15, 0.2) is 83.7 Å². The van der Waals surface area contributed by atoms with Gasteiger partial charge in [0.05, 0.1) is 50.9 Å². The molecule has 2 aliphatic rings. The molecule has 3 heterocycles. The first kappa shape index (κ1) is 43.8. The van der Waals surface area contributed by atoms with Crippen LogP contribution in [0.4, 0.5) is 37.8 Å². The maximum Gasteiger partial charge on any atom is 0.293 e. The Morgan fingerprint density at radius 2 is 1.72 bits per heavy atom. The van der Waals surface area contributed by atoms with Crippen LogP contribution in [-0.2, 0) is 40.8 Å². The van der Waals surface area contributed by atoms with Gasteiger partial charge in [0, 0.05) is 43.8 Å². The van der Waals surface area contributed by atoms with Crippen LogP contribution in [0.3, 0.4) is 0 Å². The Hall–Kier alpha value is -6.41. The molecule has 9 rings (SSSR count). The van der Waals surface area contributed by atoms with Crippen molar-refractivity contribution in [1.82, 2.24) is 34.4 Å². The first-order valence-corrected chi connectivity index (χ1v) is 22.5. The summed E-state index contributed by atoms with van der Waals surface area (Å²) in [5, 5.41) is 11.0. The van der Waals surface area contributed by atoms with Crippen molar-refractivity contribution in [2.24, 2.45) is 13.0 Å². The summed E-state index contributed by atoms with van der Waals surface area (Å²) < 4.78 is 119. The Kier molecular flexibility index (Phi) is 10.7. The van der Waals surface area contributed by atoms with Gasteiger partial charge in [0.25, 0.3) is 17.9 Å². The number of fused-ring (bicyclic) bond motifs is 5. The van der Waals surface area contributed by atoms with Crippen LogP contribution >= 0.6 is 11.6 Å². The Morgan fingerprint density at radius 3 is 2.40 bits per heavy atom. The van der Waals surface area contributed by atoms with Gasteiger partial charge in [-0.15, -0.1) is 0 Å². The van der Waals surface area contributed by atoms with Gasteiger partial charge in [-0.1, -0.05) is 41.9 Å². The highest BCUT2D eigenvalue weighted by molar-refractivity contribution is 7.92. The molecule has 3 aromatic heterocycles. The van der Waals surface area contributed by atoms with Crippen LogP contribution in [0.1, 0.15) is 71.7 Å². The normalized spacial score (nSPS) is 17.3. The van der Waals surface area contributed by atoms with Gasteiger partial charge in [0.1, 0.15) is 35.4 Å².